The summed E-state index contributed by atoms with van der Waals surface area (Å²) in [5.74, 6) is 2.49. The number of anilines is 1. The minimum absolute atomic E-state index is 0.0132. The molecule has 5 nitrogen and oxygen atoms in total. The molecule has 0 bridgehead atoms. The zero-order valence-corrected chi connectivity index (χ0v) is 16.1. The lowest BCUT2D eigenvalue weighted by atomic mass is 9.82. The third-order valence-corrected chi connectivity index (χ3v) is 5.07. The predicted molar refractivity (Wildman–Crippen MR) is 109 cm³/mol. The lowest BCUT2D eigenvalue weighted by Crippen LogP contribution is -2.48. The lowest BCUT2D eigenvalue weighted by Gasteiger charge is -2.41. The number of amides is 2. The van der Waals surface area contributed by atoms with Crippen LogP contribution in [0.15, 0.2) is 48.5 Å². The molecule has 28 heavy (non-hydrogen) atoms. The molecule has 1 heterocycles. The summed E-state index contributed by atoms with van der Waals surface area (Å²) in [4.78, 5) is 27.6. The first-order valence-electron chi connectivity index (χ1n) is 9.29. The minimum Gasteiger partial charge on any atom is -0.496 e. The van der Waals surface area contributed by atoms with Crippen LogP contribution in [0.25, 0.3) is 0 Å². The molecule has 3 rings (SSSR count). The number of terminal acetylenes is 1. The standard InChI is InChI=1S/C23H24N2O3/c1-4-15-24-23(27)19-13-14-21(26)25(17-11-9-16(2)10-12-17)22(19)18-7-5-6-8-20(18)28-3/h1,5-12,19,22H,13-15H2,2-3H3,(H,24,27)/t19-,22+/m0/s1. The zero-order chi connectivity index (χ0) is 20.1. The normalized spacial score (nSPS) is 19.0. The number of aryl methyl sites for hydroxylation is 1. The maximum atomic E-state index is 13.0. The maximum absolute atomic E-state index is 13.0. The Labute approximate surface area is 165 Å². The molecular formula is C23H24N2O3. The molecule has 2 atom stereocenters. The van der Waals surface area contributed by atoms with E-state index in [-0.39, 0.29) is 18.4 Å². The number of rotatable bonds is 5. The first kappa shape index (κ1) is 19.5. The largest absolute Gasteiger partial charge is 0.496 e. The van der Waals surface area contributed by atoms with Gasteiger partial charge in [0.15, 0.2) is 0 Å². The van der Waals surface area contributed by atoms with Crippen LogP contribution < -0.4 is 15.0 Å². The number of nitrogens with one attached hydrogen (secondary N) is 1. The number of ether oxygens (including phenoxy) is 1. The number of hydrogen-bond donors (Lipinski definition) is 1. The molecule has 0 aromatic heterocycles. The van der Waals surface area contributed by atoms with E-state index in [1.54, 1.807) is 12.0 Å². The summed E-state index contributed by atoms with van der Waals surface area (Å²) in [7, 11) is 1.59. The molecule has 0 saturated carbocycles. The van der Waals surface area contributed by atoms with Crippen LogP contribution in [-0.2, 0) is 9.59 Å². The molecule has 1 fully saturated rings. The Hall–Kier alpha value is -3.26. The number of carbonyl (C=O) groups excluding carboxylic acids is 2. The molecule has 5 heteroatoms. The van der Waals surface area contributed by atoms with E-state index in [2.05, 4.69) is 11.2 Å². The van der Waals surface area contributed by atoms with Crippen LogP contribution in [0.1, 0.15) is 30.0 Å². The molecule has 0 radical (unpaired) electrons. The van der Waals surface area contributed by atoms with E-state index in [0.29, 0.717) is 18.6 Å². The number of carbonyl (C=O) groups is 2. The number of benzene rings is 2. The average molecular weight is 376 g/mol. The van der Waals surface area contributed by atoms with Crippen molar-refractivity contribution in [1.82, 2.24) is 5.32 Å². The predicted octanol–water partition coefficient (Wildman–Crippen LogP) is 3.24. The number of methoxy groups -OCH3 is 1. The van der Waals surface area contributed by atoms with Crippen molar-refractivity contribution >= 4 is 17.5 Å². The molecule has 1 aliphatic heterocycles. The highest BCUT2D eigenvalue weighted by molar-refractivity contribution is 5.97. The highest BCUT2D eigenvalue weighted by Gasteiger charge is 2.42. The summed E-state index contributed by atoms with van der Waals surface area (Å²) >= 11 is 0. The Morgan fingerprint density at radius 2 is 1.96 bits per heavy atom. The van der Waals surface area contributed by atoms with Gasteiger partial charge >= 0.3 is 0 Å². The molecule has 2 aromatic carbocycles. The quantitative estimate of drug-likeness (QED) is 0.815. The highest BCUT2D eigenvalue weighted by atomic mass is 16.5. The monoisotopic (exact) mass is 376 g/mol. The third kappa shape index (κ3) is 3.86. The number of para-hydroxylation sites is 1. The van der Waals surface area contributed by atoms with E-state index in [1.165, 1.54) is 0 Å². The Balaban J connectivity index is 2.11. The Kier molecular flexibility index (Phi) is 6.00. The lowest BCUT2D eigenvalue weighted by molar-refractivity contribution is -0.129. The van der Waals surface area contributed by atoms with Gasteiger partial charge in [0.25, 0.3) is 0 Å². The van der Waals surface area contributed by atoms with Crippen LogP contribution in [-0.4, -0.2) is 25.5 Å². The van der Waals surface area contributed by atoms with E-state index in [1.807, 2.05) is 55.5 Å². The third-order valence-electron chi connectivity index (χ3n) is 5.07. The van der Waals surface area contributed by atoms with Gasteiger partial charge in [-0.1, -0.05) is 41.8 Å². The van der Waals surface area contributed by atoms with Gasteiger partial charge in [-0.15, -0.1) is 6.42 Å². The number of hydrogen-bond acceptors (Lipinski definition) is 3. The Bertz CT molecular complexity index is 899. The second kappa shape index (κ2) is 8.62. The summed E-state index contributed by atoms with van der Waals surface area (Å²) in [5, 5.41) is 2.78. The van der Waals surface area contributed by atoms with Gasteiger partial charge in [-0.05, 0) is 31.5 Å². The van der Waals surface area contributed by atoms with Crippen LogP contribution in [0.2, 0.25) is 0 Å². The topological polar surface area (TPSA) is 58.6 Å². The van der Waals surface area contributed by atoms with E-state index in [4.69, 9.17) is 11.2 Å². The van der Waals surface area contributed by atoms with Crippen molar-refractivity contribution in [2.24, 2.45) is 5.92 Å². The van der Waals surface area contributed by atoms with E-state index in [0.717, 1.165) is 16.8 Å². The summed E-state index contributed by atoms with van der Waals surface area (Å²) in [6.07, 6.45) is 6.06. The van der Waals surface area contributed by atoms with Crippen molar-refractivity contribution in [3.8, 4) is 18.1 Å². The average Bonchev–Trinajstić information content (AvgIpc) is 2.72. The fraction of sp³-hybridized carbons (Fsp3) is 0.304. The van der Waals surface area contributed by atoms with Gasteiger partial charge in [-0.3, -0.25) is 9.59 Å². The van der Waals surface area contributed by atoms with Gasteiger partial charge in [-0.2, -0.15) is 0 Å². The molecular weight excluding hydrogens is 352 g/mol. The van der Waals surface area contributed by atoms with Crippen molar-refractivity contribution < 1.29 is 14.3 Å². The molecule has 1 N–H and O–H groups in total. The van der Waals surface area contributed by atoms with Gasteiger partial charge in [-0.25, -0.2) is 0 Å². The van der Waals surface area contributed by atoms with Crippen molar-refractivity contribution in [3.05, 3.63) is 59.7 Å². The van der Waals surface area contributed by atoms with Gasteiger partial charge < -0.3 is 15.0 Å². The molecule has 1 aliphatic rings. The molecule has 1 saturated heterocycles. The van der Waals surface area contributed by atoms with Crippen molar-refractivity contribution in [1.29, 1.82) is 0 Å². The molecule has 144 valence electrons. The minimum atomic E-state index is -0.474. The van der Waals surface area contributed by atoms with E-state index in [9.17, 15) is 9.59 Å². The van der Waals surface area contributed by atoms with Crippen LogP contribution in [0.4, 0.5) is 5.69 Å². The van der Waals surface area contributed by atoms with Gasteiger partial charge in [0.1, 0.15) is 5.75 Å². The van der Waals surface area contributed by atoms with Gasteiger partial charge in [0, 0.05) is 17.7 Å². The van der Waals surface area contributed by atoms with E-state index < -0.39 is 12.0 Å². The molecule has 0 unspecified atom stereocenters. The van der Waals surface area contributed by atoms with E-state index >= 15 is 0 Å². The van der Waals surface area contributed by atoms with Crippen LogP contribution in [0, 0.1) is 25.2 Å². The van der Waals surface area contributed by atoms with Crippen molar-refractivity contribution in [2.45, 2.75) is 25.8 Å². The Morgan fingerprint density at radius 1 is 1.25 bits per heavy atom. The molecule has 2 aromatic rings. The smallest absolute Gasteiger partial charge is 0.227 e. The molecule has 0 aliphatic carbocycles. The fourth-order valence-corrected chi connectivity index (χ4v) is 3.71. The van der Waals surface area contributed by atoms with Crippen molar-refractivity contribution in [3.63, 3.8) is 0 Å². The second-order valence-electron chi connectivity index (χ2n) is 6.85. The summed E-state index contributed by atoms with van der Waals surface area (Å²) in [5.41, 5.74) is 2.67. The summed E-state index contributed by atoms with van der Waals surface area (Å²) in [6, 6.07) is 14.8. The van der Waals surface area contributed by atoms with Crippen molar-refractivity contribution in [2.75, 3.05) is 18.6 Å². The first-order valence-corrected chi connectivity index (χ1v) is 9.29. The van der Waals surface area contributed by atoms with Gasteiger partial charge in [0.05, 0.1) is 25.6 Å². The molecule has 0 spiro atoms. The van der Waals surface area contributed by atoms with Crippen LogP contribution in [0.3, 0.4) is 0 Å². The Morgan fingerprint density at radius 3 is 2.64 bits per heavy atom. The van der Waals surface area contributed by atoms with Gasteiger partial charge in [0.2, 0.25) is 11.8 Å². The second-order valence-corrected chi connectivity index (χ2v) is 6.85. The van der Waals surface area contributed by atoms with Crippen LogP contribution >= 0.6 is 0 Å². The zero-order valence-electron chi connectivity index (χ0n) is 16.1. The summed E-state index contributed by atoms with van der Waals surface area (Å²) in [6.45, 7) is 2.15. The number of nitrogens with zero attached hydrogens (tertiary/aromatic N) is 1. The van der Waals surface area contributed by atoms with Crippen LogP contribution in [0.5, 0.6) is 5.75 Å². The summed E-state index contributed by atoms with van der Waals surface area (Å²) < 4.78 is 5.54. The fourth-order valence-electron chi connectivity index (χ4n) is 3.71. The SMILES string of the molecule is C#CCNC(=O)[C@H]1CCC(=O)N(c2ccc(C)cc2)[C@@H]1c1ccccc1OC. The first-order chi connectivity index (χ1) is 13.6. The number of piperidine rings is 1. The molecule has 2 amide bonds. The highest BCUT2D eigenvalue weighted by Crippen LogP contribution is 2.43. The maximum Gasteiger partial charge on any atom is 0.227 e.